The minimum atomic E-state index is -0.189. The molecule has 2 amide bonds. The topological polar surface area (TPSA) is 59.1 Å². The first-order chi connectivity index (χ1) is 9.27. The Morgan fingerprint density at radius 2 is 1.26 bits per heavy atom. The van der Waals surface area contributed by atoms with E-state index in [-0.39, 0.29) is 12.2 Å². The number of ether oxygens (including phenoxy) is 2. The Bertz CT molecular complexity index is 292. The molecule has 0 saturated carbocycles. The van der Waals surface area contributed by atoms with Crippen molar-refractivity contribution in [1.82, 2.24) is 9.80 Å². The van der Waals surface area contributed by atoms with E-state index in [1.165, 1.54) is 0 Å². The van der Waals surface area contributed by atoms with Gasteiger partial charge in [0.2, 0.25) is 0 Å². The van der Waals surface area contributed by atoms with Crippen LogP contribution in [-0.2, 0) is 9.47 Å². The zero-order valence-electron chi connectivity index (χ0n) is 11.3. The van der Waals surface area contributed by atoms with E-state index >= 15 is 0 Å². The van der Waals surface area contributed by atoms with Crippen molar-refractivity contribution in [2.24, 2.45) is 0 Å². The van der Waals surface area contributed by atoms with Crippen molar-refractivity contribution in [1.29, 1.82) is 0 Å². The summed E-state index contributed by atoms with van der Waals surface area (Å²) in [7, 11) is 0. The Labute approximate surface area is 113 Å². The Morgan fingerprint density at radius 3 is 1.68 bits per heavy atom. The predicted molar refractivity (Wildman–Crippen MR) is 68.9 cm³/mol. The molecule has 0 aliphatic carbocycles. The van der Waals surface area contributed by atoms with Gasteiger partial charge in [0.15, 0.2) is 0 Å². The maximum absolute atomic E-state index is 11.4. The summed E-state index contributed by atoms with van der Waals surface area (Å²) in [6, 6.07) is 0. The van der Waals surface area contributed by atoms with Crippen LogP contribution in [-0.4, -0.2) is 61.4 Å². The van der Waals surface area contributed by atoms with Gasteiger partial charge < -0.3 is 19.3 Å². The van der Waals surface area contributed by atoms with E-state index in [4.69, 9.17) is 9.47 Å². The summed E-state index contributed by atoms with van der Waals surface area (Å²) < 4.78 is 9.95. The molecule has 19 heavy (non-hydrogen) atoms. The molecule has 2 aliphatic rings. The highest BCUT2D eigenvalue weighted by molar-refractivity contribution is 5.68. The van der Waals surface area contributed by atoms with Crippen LogP contribution < -0.4 is 0 Å². The fraction of sp³-hybridized carbons (Fsp3) is 0.846. The third-order valence-corrected chi connectivity index (χ3v) is 3.47. The smallest absolute Gasteiger partial charge is 0.409 e. The van der Waals surface area contributed by atoms with Crippen LogP contribution in [0.4, 0.5) is 9.59 Å². The number of cyclic esters (lactones) is 2. The lowest BCUT2D eigenvalue weighted by Gasteiger charge is -2.27. The zero-order valence-corrected chi connectivity index (χ0v) is 11.3. The highest BCUT2D eigenvalue weighted by atomic mass is 16.6. The van der Waals surface area contributed by atoms with E-state index in [9.17, 15) is 9.59 Å². The van der Waals surface area contributed by atoms with Crippen LogP contribution in [0.3, 0.4) is 0 Å². The minimum absolute atomic E-state index is 0.189. The summed E-state index contributed by atoms with van der Waals surface area (Å²) in [4.78, 5) is 26.3. The van der Waals surface area contributed by atoms with E-state index in [1.807, 2.05) is 0 Å². The fourth-order valence-electron chi connectivity index (χ4n) is 2.38. The first-order valence-electron chi connectivity index (χ1n) is 7.11. The molecule has 2 saturated heterocycles. The molecule has 108 valence electrons. The normalized spacial score (nSPS) is 20.2. The fourth-order valence-corrected chi connectivity index (χ4v) is 2.38. The van der Waals surface area contributed by atoms with Crippen LogP contribution in [0.15, 0.2) is 0 Å². The molecule has 0 atom stereocenters. The number of unbranched alkanes of at least 4 members (excludes halogenated alkanes) is 2. The van der Waals surface area contributed by atoms with Crippen LogP contribution in [0.5, 0.6) is 0 Å². The SMILES string of the molecule is O=C1OCCCN1CCCCCN1CCCOC1=O. The van der Waals surface area contributed by atoms with Crippen molar-refractivity contribution in [3.05, 3.63) is 0 Å². The van der Waals surface area contributed by atoms with Crippen LogP contribution >= 0.6 is 0 Å². The van der Waals surface area contributed by atoms with Gasteiger partial charge in [-0.05, 0) is 32.1 Å². The van der Waals surface area contributed by atoms with Crippen molar-refractivity contribution in [2.75, 3.05) is 39.4 Å². The molecule has 0 spiro atoms. The first-order valence-corrected chi connectivity index (χ1v) is 7.11. The van der Waals surface area contributed by atoms with Gasteiger partial charge in [-0.3, -0.25) is 0 Å². The van der Waals surface area contributed by atoms with Crippen molar-refractivity contribution in [2.45, 2.75) is 32.1 Å². The van der Waals surface area contributed by atoms with Crippen molar-refractivity contribution in [3.8, 4) is 0 Å². The lowest BCUT2D eigenvalue weighted by molar-refractivity contribution is 0.0700. The maximum Gasteiger partial charge on any atom is 0.409 e. The van der Waals surface area contributed by atoms with Gasteiger partial charge >= 0.3 is 12.2 Å². The molecule has 0 aromatic heterocycles. The second-order valence-corrected chi connectivity index (χ2v) is 4.97. The van der Waals surface area contributed by atoms with Crippen molar-refractivity contribution in [3.63, 3.8) is 0 Å². The van der Waals surface area contributed by atoms with E-state index in [2.05, 4.69) is 0 Å². The summed E-state index contributed by atoms with van der Waals surface area (Å²) in [6.45, 7) is 4.21. The third-order valence-electron chi connectivity index (χ3n) is 3.47. The number of hydrogen-bond acceptors (Lipinski definition) is 4. The molecule has 0 bridgehead atoms. The second-order valence-electron chi connectivity index (χ2n) is 4.97. The van der Waals surface area contributed by atoms with Crippen LogP contribution in [0.1, 0.15) is 32.1 Å². The van der Waals surface area contributed by atoms with Gasteiger partial charge in [0.05, 0.1) is 13.2 Å². The molecule has 6 nitrogen and oxygen atoms in total. The van der Waals surface area contributed by atoms with Crippen molar-refractivity contribution < 1.29 is 19.1 Å². The van der Waals surface area contributed by atoms with E-state index < -0.39 is 0 Å². The minimum Gasteiger partial charge on any atom is -0.449 e. The van der Waals surface area contributed by atoms with Gasteiger partial charge in [0.1, 0.15) is 0 Å². The van der Waals surface area contributed by atoms with Crippen LogP contribution in [0.25, 0.3) is 0 Å². The highest BCUT2D eigenvalue weighted by Crippen LogP contribution is 2.09. The van der Waals surface area contributed by atoms with E-state index in [0.29, 0.717) is 13.2 Å². The summed E-state index contributed by atoms with van der Waals surface area (Å²) in [5.41, 5.74) is 0. The number of rotatable bonds is 6. The Morgan fingerprint density at radius 1 is 0.789 bits per heavy atom. The third kappa shape index (κ3) is 4.29. The predicted octanol–water partition coefficient (Wildman–Crippen LogP) is 1.84. The number of hydrogen-bond donors (Lipinski definition) is 0. The monoisotopic (exact) mass is 270 g/mol. The van der Waals surface area contributed by atoms with Gasteiger partial charge in [-0.1, -0.05) is 0 Å². The Kier molecular flexibility index (Phi) is 5.30. The summed E-state index contributed by atoms with van der Waals surface area (Å²) in [5, 5.41) is 0. The zero-order chi connectivity index (χ0) is 13.5. The number of nitrogens with zero attached hydrogens (tertiary/aromatic N) is 2. The summed E-state index contributed by atoms with van der Waals surface area (Å²) in [6.07, 6.45) is 4.39. The molecule has 0 N–H and O–H groups in total. The summed E-state index contributed by atoms with van der Waals surface area (Å²) >= 11 is 0. The lowest BCUT2D eigenvalue weighted by atomic mass is 10.2. The van der Waals surface area contributed by atoms with Gasteiger partial charge in [-0.25, -0.2) is 9.59 Å². The molecular formula is C13H22N2O4. The maximum atomic E-state index is 11.4. The molecule has 2 fully saturated rings. The Balaban J connectivity index is 1.54. The van der Waals surface area contributed by atoms with Crippen LogP contribution in [0, 0.1) is 0 Å². The van der Waals surface area contributed by atoms with Crippen molar-refractivity contribution >= 4 is 12.2 Å². The van der Waals surface area contributed by atoms with Gasteiger partial charge in [-0.15, -0.1) is 0 Å². The molecule has 2 heterocycles. The average Bonchev–Trinajstić information content (AvgIpc) is 2.42. The number of amides is 2. The summed E-state index contributed by atoms with van der Waals surface area (Å²) in [5.74, 6) is 0. The van der Waals surface area contributed by atoms with Gasteiger partial charge in [-0.2, -0.15) is 0 Å². The molecular weight excluding hydrogens is 248 g/mol. The molecule has 0 aromatic carbocycles. The largest absolute Gasteiger partial charge is 0.449 e. The van der Waals surface area contributed by atoms with Gasteiger partial charge in [0, 0.05) is 26.2 Å². The van der Waals surface area contributed by atoms with Crippen LogP contribution in [0.2, 0.25) is 0 Å². The molecule has 6 heteroatoms. The standard InChI is InChI=1S/C13H22N2O4/c16-12-14(8-4-10-18-12)6-2-1-3-7-15-9-5-11-19-13(15)17/h1-11H2. The lowest BCUT2D eigenvalue weighted by Crippen LogP contribution is -2.39. The Hall–Kier alpha value is -1.46. The molecule has 2 aliphatic heterocycles. The molecule has 0 unspecified atom stereocenters. The first kappa shape index (κ1) is 14.0. The quantitative estimate of drug-likeness (QED) is 0.691. The van der Waals surface area contributed by atoms with E-state index in [1.54, 1.807) is 9.80 Å². The number of carbonyl (C=O) groups excluding carboxylic acids is 2. The average molecular weight is 270 g/mol. The van der Waals surface area contributed by atoms with Gasteiger partial charge in [0.25, 0.3) is 0 Å². The molecule has 0 aromatic rings. The number of carbonyl (C=O) groups is 2. The highest BCUT2D eigenvalue weighted by Gasteiger charge is 2.20. The van der Waals surface area contributed by atoms with E-state index in [0.717, 1.165) is 58.3 Å². The molecule has 2 rings (SSSR count). The second kappa shape index (κ2) is 7.21. The molecule has 0 radical (unpaired) electrons.